The third kappa shape index (κ3) is 2.78. The summed E-state index contributed by atoms with van der Waals surface area (Å²) in [5, 5.41) is 3.48. The highest BCUT2D eigenvalue weighted by molar-refractivity contribution is 6.33. The summed E-state index contributed by atoms with van der Waals surface area (Å²) in [6.07, 6.45) is 1.52. The van der Waals surface area contributed by atoms with Crippen molar-refractivity contribution in [3.8, 4) is 0 Å². The minimum absolute atomic E-state index is 0.00927. The van der Waals surface area contributed by atoms with Crippen molar-refractivity contribution in [3.63, 3.8) is 0 Å². The average Bonchev–Trinajstić information content (AvgIpc) is 2.33. The smallest absolute Gasteiger partial charge is 0.159 e. The highest BCUT2D eigenvalue weighted by Crippen LogP contribution is 2.25. The Morgan fingerprint density at radius 1 is 1.39 bits per heavy atom. The number of pyridine rings is 1. The van der Waals surface area contributed by atoms with Gasteiger partial charge in [0.25, 0.3) is 0 Å². The van der Waals surface area contributed by atoms with Gasteiger partial charge in [0, 0.05) is 11.3 Å². The van der Waals surface area contributed by atoms with Crippen LogP contribution in [-0.2, 0) is 0 Å². The van der Waals surface area contributed by atoms with Crippen LogP contribution in [0.1, 0.15) is 17.3 Å². The summed E-state index contributed by atoms with van der Waals surface area (Å²) >= 11 is 6.01. The van der Waals surface area contributed by atoms with Crippen LogP contribution >= 0.6 is 11.6 Å². The molecule has 5 heteroatoms. The maximum absolute atomic E-state index is 11.3. The first-order valence-corrected chi connectivity index (χ1v) is 5.73. The Labute approximate surface area is 110 Å². The van der Waals surface area contributed by atoms with Gasteiger partial charge in [-0.3, -0.25) is 4.79 Å². The lowest BCUT2D eigenvalue weighted by atomic mass is 10.1. The number of nitrogens with one attached hydrogen (secondary N) is 1. The van der Waals surface area contributed by atoms with E-state index < -0.39 is 0 Å². The van der Waals surface area contributed by atoms with E-state index in [4.69, 9.17) is 17.3 Å². The van der Waals surface area contributed by atoms with Crippen LogP contribution in [0.5, 0.6) is 0 Å². The van der Waals surface area contributed by atoms with Gasteiger partial charge in [-0.2, -0.15) is 0 Å². The lowest BCUT2D eigenvalue weighted by Gasteiger charge is -2.08. The third-order valence-electron chi connectivity index (χ3n) is 2.39. The molecule has 0 aliphatic carbocycles. The van der Waals surface area contributed by atoms with E-state index in [1.54, 1.807) is 24.3 Å². The molecule has 92 valence electrons. The number of benzene rings is 1. The second-order valence-electron chi connectivity index (χ2n) is 3.86. The van der Waals surface area contributed by atoms with Crippen LogP contribution < -0.4 is 11.1 Å². The second-order valence-corrected chi connectivity index (χ2v) is 4.27. The first-order chi connectivity index (χ1) is 8.56. The molecule has 2 aromatic rings. The zero-order chi connectivity index (χ0) is 13.1. The van der Waals surface area contributed by atoms with Crippen molar-refractivity contribution in [2.75, 3.05) is 11.1 Å². The van der Waals surface area contributed by atoms with Gasteiger partial charge < -0.3 is 11.1 Å². The van der Waals surface area contributed by atoms with Crippen LogP contribution in [0, 0.1) is 0 Å². The van der Waals surface area contributed by atoms with E-state index >= 15 is 0 Å². The molecule has 1 aromatic heterocycles. The molecule has 0 radical (unpaired) electrons. The van der Waals surface area contributed by atoms with Gasteiger partial charge in [0.2, 0.25) is 0 Å². The Morgan fingerprint density at radius 3 is 2.83 bits per heavy atom. The number of nitrogens with zero attached hydrogens (tertiary/aromatic N) is 1. The first-order valence-electron chi connectivity index (χ1n) is 5.35. The number of carbonyl (C=O) groups is 1. The molecule has 18 heavy (non-hydrogen) atoms. The quantitative estimate of drug-likeness (QED) is 0.832. The van der Waals surface area contributed by atoms with Crippen LogP contribution in [0.4, 0.5) is 17.2 Å². The Bertz CT molecular complexity index is 599. The predicted molar refractivity (Wildman–Crippen MR) is 73.4 cm³/mol. The van der Waals surface area contributed by atoms with Crippen LogP contribution in [0.3, 0.4) is 0 Å². The number of aromatic nitrogens is 1. The van der Waals surface area contributed by atoms with Crippen LogP contribution in [0.15, 0.2) is 36.5 Å². The molecule has 0 spiro atoms. The maximum Gasteiger partial charge on any atom is 0.159 e. The SMILES string of the molecule is CC(=O)c1cccc(Nc2ncc(N)cc2Cl)c1. The van der Waals surface area contributed by atoms with Gasteiger partial charge >= 0.3 is 0 Å². The third-order valence-corrected chi connectivity index (χ3v) is 2.68. The van der Waals surface area contributed by atoms with Crippen molar-refractivity contribution in [3.05, 3.63) is 47.1 Å². The minimum Gasteiger partial charge on any atom is -0.397 e. The van der Waals surface area contributed by atoms with E-state index in [9.17, 15) is 4.79 Å². The van der Waals surface area contributed by atoms with Crippen molar-refractivity contribution < 1.29 is 4.79 Å². The van der Waals surface area contributed by atoms with E-state index in [1.165, 1.54) is 13.1 Å². The van der Waals surface area contributed by atoms with E-state index in [0.717, 1.165) is 5.69 Å². The average molecular weight is 262 g/mol. The largest absolute Gasteiger partial charge is 0.397 e. The highest BCUT2D eigenvalue weighted by atomic mass is 35.5. The molecule has 2 rings (SSSR count). The van der Waals surface area contributed by atoms with Crippen LogP contribution in [0.2, 0.25) is 5.02 Å². The van der Waals surface area contributed by atoms with Crippen LogP contribution in [-0.4, -0.2) is 10.8 Å². The van der Waals surface area contributed by atoms with Gasteiger partial charge in [-0.15, -0.1) is 0 Å². The lowest BCUT2D eigenvalue weighted by Crippen LogP contribution is -1.98. The first kappa shape index (κ1) is 12.4. The molecule has 0 saturated heterocycles. The maximum atomic E-state index is 11.3. The molecular formula is C13H12ClN3O. The van der Waals surface area contributed by atoms with E-state index in [0.29, 0.717) is 22.1 Å². The van der Waals surface area contributed by atoms with Gasteiger partial charge in [0.05, 0.1) is 16.9 Å². The Kier molecular flexibility index (Phi) is 3.48. The predicted octanol–water partition coefficient (Wildman–Crippen LogP) is 3.26. The van der Waals surface area contributed by atoms with Gasteiger partial charge in [-0.25, -0.2) is 4.98 Å². The lowest BCUT2D eigenvalue weighted by molar-refractivity contribution is 0.101. The van der Waals surface area contributed by atoms with Gasteiger partial charge in [-0.05, 0) is 25.1 Å². The van der Waals surface area contributed by atoms with Crippen molar-refractivity contribution in [1.82, 2.24) is 4.98 Å². The summed E-state index contributed by atoms with van der Waals surface area (Å²) in [6, 6.07) is 8.75. The molecule has 0 aliphatic heterocycles. The fourth-order valence-electron chi connectivity index (χ4n) is 1.50. The minimum atomic E-state index is 0.00927. The molecular weight excluding hydrogens is 250 g/mol. The summed E-state index contributed by atoms with van der Waals surface area (Å²) in [5.41, 5.74) is 7.45. The molecule has 1 heterocycles. The number of carbonyl (C=O) groups excluding carboxylic acids is 1. The molecule has 0 saturated carbocycles. The normalized spacial score (nSPS) is 10.1. The summed E-state index contributed by atoms with van der Waals surface area (Å²) in [6.45, 7) is 1.52. The molecule has 0 atom stereocenters. The summed E-state index contributed by atoms with van der Waals surface area (Å²) in [7, 11) is 0. The van der Waals surface area contributed by atoms with Crippen molar-refractivity contribution in [2.24, 2.45) is 0 Å². The fraction of sp³-hybridized carbons (Fsp3) is 0.0769. The molecule has 0 aliphatic rings. The zero-order valence-corrected chi connectivity index (χ0v) is 10.5. The number of nitrogen functional groups attached to an aromatic ring is 1. The fourth-order valence-corrected chi connectivity index (χ4v) is 1.72. The highest BCUT2D eigenvalue weighted by Gasteiger charge is 2.05. The molecule has 0 fully saturated rings. The van der Waals surface area contributed by atoms with E-state index in [-0.39, 0.29) is 5.78 Å². The molecule has 1 aromatic carbocycles. The topological polar surface area (TPSA) is 68.0 Å². The number of Topliss-reactive ketones (excluding diaryl/α,β-unsaturated/α-hetero) is 1. The Balaban J connectivity index is 2.28. The number of nitrogens with two attached hydrogens (primary N) is 1. The number of hydrogen-bond acceptors (Lipinski definition) is 4. The molecule has 4 nitrogen and oxygen atoms in total. The Morgan fingerprint density at radius 2 is 2.17 bits per heavy atom. The monoisotopic (exact) mass is 261 g/mol. The van der Waals surface area contributed by atoms with E-state index in [2.05, 4.69) is 10.3 Å². The summed E-state index contributed by atoms with van der Waals surface area (Å²) in [5.74, 6) is 0.515. The van der Waals surface area contributed by atoms with Crippen molar-refractivity contribution >= 4 is 34.6 Å². The van der Waals surface area contributed by atoms with Gasteiger partial charge in [0.15, 0.2) is 5.78 Å². The summed E-state index contributed by atoms with van der Waals surface area (Å²) in [4.78, 5) is 15.4. The van der Waals surface area contributed by atoms with E-state index in [1.807, 2.05) is 6.07 Å². The second kappa shape index (κ2) is 5.06. The molecule has 0 bridgehead atoms. The number of rotatable bonds is 3. The summed E-state index contributed by atoms with van der Waals surface area (Å²) < 4.78 is 0. The number of anilines is 3. The van der Waals surface area contributed by atoms with Crippen molar-refractivity contribution in [2.45, 2.75) is 6.92 Å². The van der Waals surface area contributed by atoms with Crippen LogP contribution in [0.25, 0.3) is 0 Å². The number of hydrogen-bond donors (Lipinski definition) is 2. The molecule has 0 amide bonds. The standard InChI is InChI=1S/C13H12ClN3O/c1-8(18)9-3-2-4-11(5-9)17-13-12(14)6-10(15)7-16-13/h2-7H,15H2,1H3,(H,16,17). The van der Waals surface area contributed by atoms with Crippen molar-refractivity contribution in [1.29, 1.82) is 0 Å². The number of halogens is 1. The molecule has 3 N–H and O–H groups in total. The van der Waals surface area contributed by atoms with Gasteiger partial charge in [-0.1, -0.05) is 23.7 Å². The zero-order valence-electron chi connectivity index (χ0n) is 9.77. The molecule has 0 unspecified atom stereocenters. The Hall–Kier alpha value is -2.07. The number of ketones is 1. The van der Waals surface area contributed by atoms with Gasteiger partial charge in [0.1, 0.15) is 5.82 Å².